The van der Waals surface area contributed by atoms with Crippen LogP contribution in [0.4, 0.5) is 0 Å². The number of carbonyl (C=O) groups is 1. The fourth-order valence-corrected chi connectivity index (χ4v) is 0.718. The molecule has 0 saturated heterocycles. The first-order valence-electron chi connectivity index (χ1n) is 4.01. The van der Waals surface area contributed by atoms with Gasteiger partial charge in [0.15, 0.2) is 0 Å². The van der Waals surface area contributed by atoms with Crippen LogP contribution < -0.4 is 0 Å². The van der Waals surface area contributed by atoms with Gasteiger partial charge >= 0.3 is 0 Å². The average Bonchev–Trinajstić information content (AvgIpc) is 2.01. The summed E-state index contributed by atoms with van der Waals surface area (Å²) in [5, 5.41) is 0. The normalized spacial score (nSPS) is 9.55. The Morgan fingerprint density at radius 3 is 2.82 bits per heavy atom. The summed E-state index contributed by atoms with van der Waals surface area (Å²) in [6.07, 6.45) is 3.70. The summed E-state index contributed by atoms with van der Waals surface area (Å²) < 4.78 is 5.04. The molecule has 64 valence electrons. The minimum Gasteiger partial charge on any atom is -0.381 e. The van der Waals surface area contributed by atoms with Crippen molar-refractivity contribution in [3.63, 3.8) is 0 Å². The molecule has 0 unspecified atom stereocenters. The maximum atomic E-state index is 10.9. The second kappa shape index (κ2) is 7.48. The Morgan fingerprint density at radius 2 is 2.27 bits per heavy atom. The molecule has 0 fully saturated rings. The summed E-state index contributed by atoms with van der Waals surface area (Å²) in [5.74, 6) is 0.262. The van der Waals surface area contributed by atoms with E-state index < -0.39 is 0 Å². The van der Waals surface area contributed by atoms with Crippen LogP contribution in [-0.2, 0) is 9.53 Å². The lowest BCUT2D eigenvalue weighted by Crippen LogP contribution is -2.03. The number of ketones is 1. The summed E-state index contributed by atoms with van der Waals surface area (Å²) in [7, 11) is 0. The van der Waals surface area contributed by atoms with Crippen LogP contribution in [0.25, 0.3) is 0 Å². The van der Waals surface area contributed by atoms with Crippen LogP contribution in [0.5, 0.6) is 0 Å². The number of rotatable bonds is 7. The first-order valence-corrected chi connectivity index (χ1v) is 4.01. The maximum Gasteiger partial charge on any atom is 0.135 e. The highest BCUT2D eigenvalue weighted by Gasteiger charge is 1.98. The Bertz CT molecular complexity index is 119. The standard InChI is InChI=1S/C9H16O2/c1-3-5-6-9(10)7-8-11-4-2/h3H,1,4-8H2,2H3. The molecular weight excluding hydrogens is 140 g/mol. The van der Waals surface area contributed by atoms with Gasteiger partial charge in [0.2, 0.25) is 0 Å². The first kappa shape index (κ1) is 10.4. The van der Waals surface area contributed by atoms with Gasteiger partial charge in [-0.3, -0.25) is 4.79 Å². The molecule has 0 atom stereocenters. The Hall–Kier alpha value is -0.630. The molecule has 0 aliphatic rings. The van der Waals surface area contributed by atoms with E-state index in [1.54, 1.807) is 6.08 Å². The van der Waals surface area contributed by atoms with E-state index in [9.17, 15) is 4.79 Å². The molecule has 0 bridgehead atoms. The molecule has 0 aromatic rings. The zero-order valence-electron chi connectivity index (χ0n) is 7.14. The number of hydrogen-bond donors (Lipinski definition) is 0. The summed E-state index contributed by atoms with van der Waals surface area (Å²) in [5.41, 5.74) is 0. The quantitative estimate of drug-likeness (QED) is 0.416. The van der Waals surface area contributed by atoms with E-state index in [-0.39, 0.29) is 5.78 Å². The van der Waals surface area contributed by atoms with Gasteiger partial charge in [-0.2, -0.15) is 0 Å². The minimum atomic E-state index is 0.262. The van der Waals surface area contributed by atoms with Gasteiger partial charge in [-0.1, -0.05) is 6.08 Å². The summed E-state index contributed by atoms with van der Waals surface area (Å²) >= 11 is 0. The van der Waals surface area contributed by atoms with Crippen molar-refractivity contribution in [2.45, 2.75) is 26.2 Å². The number of Topliss-reactive ketones (excluding diaryl/α,β-unsaturated/α-hetero) is 1. The molecule has 0 aliphatic heterocycles. The third-order valence-corrected chi connectivity index (χ3v) is 1.36. The zero-order chi connectivity index (χ0) is 8.53. The Morgan fingerprint density at radius 1 is 1.55 bits per heavy atom. The van der Waals surface area contributed by atoms with Crippen molar-refractivity contribution < 1.29 is 9.53 Å². The van der Waals surface area contributed by atoms with Crippen molar-refractivity contribution in [3.05, 3.63) is 12.7 Å². The number of carbonyl (C=O) groups excluding carboxylic acids is 1. The highest BCUT2D eigenvalue weighted by atomic mass is 16.5. The molecule has 0 aromatic heterocycles. The molecular formula is C9H16O2. The van der Waals surface area contributed by atoms with Gasteiger partial charge in [0, 0.05) is 19.4 Å². The fraction of sp³-hybridized carbons (Fsp3) is 0.667. The molecule has 2 heteroatoms. The van der Waals surface area contributed by atoms with Crippen LogP contribution in [0, 0.1) is 0 Å². The predicted molar refractivity (Wildman–Crippen MR) is 45.5 cm³/mol. The molecule has 0 radical (unpaired) electrons. The molecule has 0 heterocycles. The van der Waals surface area contributed by atoms with Crippen molar-refractivity contribution in [3.8, 4) is 0 Å². The van der Waals surface area contributed by atoms with Crippen LogP contribution >= 0.6 is 0 Å². The fourth-order valence-electron chi connectivity index (χ4n) is 0.718. The lowest BCUT2D eigenvalue weighted by Gasteiger charge is -1.98. The largest absolute Gasteiger partial charge is 0.381 e. The van der Waals surface area contributed by atoms with Crippen LogP contribution in [0.3, 0.4) is 0 Å². The molecule has 0 aliphatic carbocycles. The SMILES string of the molecule is C=CCCC(=O)CCOCC. The van der Waals surface area contributed by atoms with Gasteiger partial charge in [-0.25, -0.2) is 0 Å². The Labute approximate surface area is 68.2 Å². The van der Waals surface area contributed by atoms with Crippen LogP contribution in [0.1, 0.15) is 26.2 Å². The number of allylic oxidation sites excluding steroid dienone is 1. The van der Waals surface area contributed by atoms with Crippen molar-refractivity contribution in [1.29, 1.82) is 0 Å². The van der Waals surface area contributed by atoms with E-state index >= 15 is 0 Å². The van der Waals surface area contributed by atoms with Crippen LogP contribution in [0.15, 0.2) is 12.7 Å². The molecule has 0 saturated carbocycles. The lowest BCUT2D eigenvalue weighted by molar-refractivity contribution is -0.120. The molecule has 0 aromatic carbocycles. The van der Waals surface area contributed by atoms with E-state index in [1.807, 2.05) is 6.92 Å². The molecule has 2 nitrogen and oxygen atoms in total. The third kappa shape index (κ3) is 7.26. The van der Waals surface area contributed by atoms with Gasteiger partial charge in [0.1, 0.15) is 5.78 Å². The van der Waals surface area contributed by atoms with Crippen molar-refractivity contribution >= 4 is 5.78 Å². The Kier molecular flexibility index (Phi) is 7.05. The van der Waals surface area contributed by atoms with Crippen molar-refractivity contribution in [1.82, 2.24) is 0 Å². The van der Waals surface area contributed by atoms with E-state index in [2.05, 4.69) is 6.58 Å². The highest BCUT2D eigenvalue weighted by Crippen LogP contribution is 1.95. The van der Waals surface area contributed by atoms with Crippen molar-refractivity contribution in [2.75, 3.05) is 13.2 Å². The van der Waals surface area contributed by atoms with E-state index in [0.717, 1.165) is 6.42 Å². The summed E-state index contributed by atoms with van der Waals surface area (Å²) in [4.78, 5) is 10.9. The topological polar surface area (TPSA) is 26.3 Å². The van der Waals surface area contributed by atoms with Gasteiger partial charge in [-0.15, -0.1) is 6.58 Å². The third-order valence-electron chi connectivity index (χ3n) is 1.36. The molecule has 0 spiro atoms. The van der Waals surface area contributed by atoms with Crippen molar-refractivity contribution in [2.24, 2.45) is 0 Å². The van der Waals surface area contributed by atoms with E-state index in [4.69, 9.17) is 4.74 Å². The van der Waals surface area contributed by atoms with Crippen LogP contribution in [-0.4, -0.2) is 19.0 Å². The van der Waals surface area contributed by atoms with Gasteiger partial charge < -0.3 is 4.74 Å². The molecule has 0 amide bonds. The van der Waals surface area contributed by atoms with Gasteiger partial charge in [0.25, 0.3) is 0 Å². The second-order valence-electron chi connectivity index (χ2n) is 2.31. The zero-order valence-corrected chi connectivity index (χ0v) is 7.14. The van der Waals surface area contributed by atoms with E-state index in [1.165, 1.54) is 0 Å². The molecule has 11 heavy (non-hydrogen) atoms. The van der Waals surface area contributed by atoms with Gasteiger partial charge in [-0.05, 0) is 13.3 Å². The summed E-state index contributed by atoms with van der Waals surface area (Å²) in [6.45, 7) is 6.72. The molecule has 0 N–H and O–H groups in total. The van der Waals surface area contributed by atoms with Gasteiger partial charge in [0.05, 0.1) is 6.61 Å². The second-order valence-corrected chi connectivity index (χ2v) is 2.31. The molecule has 0 rings (SSSR count). The monoisotopic (exact) mass is 156 g/mol. The summed E-state index contributed by atoms with van der Waals surface area (Å²) in [6, 6.07) is 0. The minimum absolute atomic E-state index is 0.262. The predicted octanol–water partition coefficient (Wildman–Crippen LogP) is 1.95. The smallest absolute Gasteiger partial charge is 0.135 e. The highest BCUT2D eigenvalue weighted by molar-refractivity contribution is 5.78. The lowest BCUT2D eigenvalue weighted by atomic mass is 10.2. The number of hydrogen-bond acceptors (Lipinski definition) is 2. The maximum absolute atomic E-state index is 10.9. The Balaban J connectivity index is 3.15. The average molecular weight is 156 g/mol. The number of ether oxygens (including phenoxy) is 1. The van der Waals surface area contributed by atoms with E-state index in [0.29, 0.717) is 26.1 Å². The van der Waals surface area contributed by atoms with Crippen LogP contribution in [0.2, 0.25) is 0 Å². The first-order chi connectivity index (χ1) is 5.31.